The van der Waals surface area contributed by atoms with Gasteiger partial charge in [0.05, 0.1) is 0 Å². The molecular formula is C49H36Cl2Zr. The Hall–Kier alpha value is -4.65. The molecule has 7 aromatic rings. The third-order valence-electron chi connectivity index (χ3n) is 10.3. The molecule has 0 N–H and O–H groups in total. The van der Waals surface area contributed by atoms with Gasteiger partial charge in [0, 0.05) is 0 Å². The molecule has 2 aliphatic carbocycles. The molecule has 250 valence electrons. The minimum atomic E-state index is -3.19. The zero-order chi connectivity index (χ0) is 33.3. The molecule has 0 fully saturated rings. The van der Waals surface area contributed by atoms with Gasteiger partial charge in [0.1, 0.15) is 0 Å². The van der Waals surface area contributed by atoms with Crippen molar-refractivity contribution in [2.75, 3.05) is 0 Å². The van der Waals surface area contributed by atoms with E-state index in [1.54, 1.807) is 6.49 Å². The van der Waals surface area contributed by atoms with Gasteiger partial charge in [-0.15, -0.1) is 0 Å². The van der Waals surface area contributed by atoms with Crippen LogP contribution in [-0.4, -0.2) is 3.21 Å². The number of fused-ring (bicyclic) bond motifs is 3. The van der Waals surface area contributed by atoms with E-state index in [1.165, 1.54) is 61.2 Å². The second kappa shape index (κ2) is 15.9. The summed E-state index contributed by atoms with van der Waals surface area (Å²) in [6.07, 6.45) is 2.60. The van der Waals surface area contributed by atoms with Crippen LogP contribution in [0.5, 0.6) is 0 Å². The summed E-state index contributed by atoms with van der Waals surface area (Å²) in [5, 5.41) is 0. The topological polar surface area (TPSA) is 0 Å². The standard InChI is InChI=1S/C23H17.C13H9.C13H10.2ClH.Zr/c1-4-10-18(11-5-1)21-16-22(19-12-6-2-7-13-19)23(17-21)20-14-8-3-9-15-20;1-3-7-12-10(5-1)9-11-6-2-4-8-13(11)12;1-3-7-12(8-4-1)11-13-9-5-2-6-10-13;;;/h1-16,21H;1-9H;1-10H;2*1H;/q;;;;;+2/p-2. The molecule has 0 aliphatic heterocycles. The van der Waals surface area contributed by atoms with Crippen LogP contribution in [0.2, 0.25) is 0 Å². The minimum Gasteiger partial charge on any atom is -1.00 e. The van der Waals surface area contributed by atoms with Gasteiger partial charge in [0.15, 0.2) is 0 Å². The second-order valence-electron chi connectivity index (χ2n) is 13.1. The van der Waals surface area contributed by atoms with Gasteiger partial charge >= 0.3 is 305 Å². The molecule has 0 saturated carbocycles. The second-order valence-corrected chi connectivity index (χ2v) is 19.1. The van der Waals surface area contributed by atoms with E-state index in [1.807, 2.05) is 0 Å². The van der Waals surface area contributed by atoms with Gasteiger partial charge in [0.2, 0.25) is 0 Å². The molecule has 7 aromatic carbocycles. The normalized spacial score (nSPS) is 14.2. The van der Waals surface area contributed by atoms with Crippen molar-refractivity contribution in [1.82, 2.24) is 0 Å². The molecule has 0 aromatic heterocycles. The number of benzene rings is 7. The number of hydrogen-bond donors (Lipinski definition) is 0. The Balaban J connectivity index is 0.00000210. The van der Waals surface area contributed by atoms with E-state index >= 15 is 0 Å². The van der Waals surface area contributed by atoms with E-state index in [0.717, 1.165) is 0 Å². The Bertz CT molecular complexity index is 2310. The maximum absolute atomic E-state index is 3.19. The van der Waals surface area contributed by atoms with Gasteiger partial charge < -0.3 is 24.8 Å². The summed E-state index contributed by atoms with van der Waals surface area (Å²) < 4.78 is 3.49. The first-order valence-corrected chi connectivity index (χ1v) is 21.4. The Morgan fingerprint density at radius 2 is 0.808 bits per heavy atom. The van der Waals surface area contributed by atoms with Gasteiger partial charge in [-0.25, -0.2) is 0 Å². The maximum Gasteiger partial charge on any atom is -1.00 e. The third-order valence-corrected chi connectivity index (χ3v) is 18.8. The van der Waals surface area contributed by atoms with Crippen molar-refractivity contribution in [1.29, 1.82) is 0 Å². The van der Waals surface area contributed by atoms with Crippen molar-refractivity contribution in [3.8, 4) is 11.1 Å². The number of allylic oxidation sites excluding steroid dienone is 4. The van der Waals surface area contributed by atoms with E-state index in [4.69, 9.17) is 0 Å². The first kappa shape index (κ1) is 35.7. The van der Waals surface area contributed by atoms with Gasteiger partial charge in [0.25, 0.3) is 0 Å². The van der Waals surface area contributed by atoms with Crippen molar-refractivity contribution in [3.63, 3.8) is 0 Å². The van der Waals surface area contributed by atoms with E-state index in [-0.39, 0.29) is 30.7 Å². The molecule has 0 amide bonds. The van der Waals surface area contributed by atoms with Gasteiger partial charge in [-0.1, -0.05) is 0 Å². The third kappa shape index (κ3) is 6.48. The summed E-state index contributed by atoms with van der Waals surface area (Å²) in [7, 11) is 0. The van der Waals surface area contributed by atoms with E-state index in [0.29, 0.717) is 3.63 Å². The maximum atomic E-state index is 2.60. The zero-order valence-corrected chi connectivity index (χ0v) is 32.5. The van der Waals surface area contributed by atoms with Crippen LogP contribution in [0.25, 0.3) is 22.3 Å². The summed E-state index contributed by atoms with van der Waals surface area (Å²) in [6, 6.07) is 74.7. The number of hydrogen-bond acceptors (Lipinski definition) is 0. The first-order chi connectivity index (χ1) is 24.9. The predicted octanol–water partition coefficient (Wildman–Crippen LogP) is 5.94. The van der Waals surface area contributed by atoms with E-state index in [9.17, 15) is 0 Å². The van der Waals surface area contributed by atoms with Gasteiger partial charge in [-0.3, -0.25) is 0 Å². The van der Waals surface area contributed by atoms with Gasteiger partial charge in [-0.2, -0.15) is 0 Å². The van der Waals surface area contributed by atoms with Crippen molar-refractivity contribution >= 4 is 14.4 Å². The SMILES string of the molecule is C1=C(c2ccccc2)C(c2ccccc2)=[C]([Zr+2](=[C](c2ccccc2)c2ccccc2)[CH]2c3ccccc3-c3ccccc32)C1c1ccccc1.[Cl-].[Cl-]. The molecule has 0 saturated heterocycles. The first-order valence-electron chi connectivity index (χ1n) is 17.5. The summed E-state index contributed by atoms with van der Waals surface area (Å²) in [4.78, 5) is 0. The Labute approximate surface area is 327 Å². The van der Waals surface area contributed by atoms with Crippen molar-refractivity contribution in [2.45, 2.75) is 9.54 Å². The fourth-order valence-corrected chi connectivity index (χ4v) is 18.3. The van der Waals surface area contributed by atoms with Crippen LogP contribution in [0.4, 0.5) is 0 Å². The fraction of sp³-hybridized carbons (Fsp3) is 0.0408. The van der Waals surface area contributed by atoms with Crippen molar-refractivity contribution < 1.29 is 46.1 Å². The zero-order valence-electron chi connectivity index (χ0n) is 28.5. The van der Waals surface area contributed by atoms with Crippen LogP contribution < -0.4 is 24.8 Å². The molecule has 0 bridgehead atoms. The Morgan fingerprint density at radius 3 is 1.31 bits per heavy atom. The summed E-state index contributed by atoms with van der Waals surface area (Å²) in [6.45, 7) is 0. The van der Waals surface area contributed by atoms with Crippen molar-refractivity contribution in [3.05, 3.63) is 248 Å². The minimum absolute atomic E-state index is 0. The predicted molar refractivity (Wildman–Crippen MR) is 207 cm³/mol. The number of halogens is 2. The summed E-state index contributed by atoms with van der Waals surface area (Å²) in [5.41, 5.74) is 15.1. The van der Waals surface area contributed by atoms with E-state index < -0.39 is 21.3 Å². The number of rotatable bonds is 7. The average molecular weight is 787 g/mol. The monoisotopic (exact) mass is 784 g/mol. The molecule has 9 rings (SSSR count). The summed E-state index contributed by atoms with van der Waals surface area (Å²) >= 11 is -3.19. The van der Waals surface area contributed by atoms with Crippen LogP contribution in [0.3, 0.4) is 0 Å². The molecule has 52 heavy (non-hydrogen) atoms. The molecular weight excluding hydrogens is 751 g/mol. The molecule has 1 unspecified atom stereocenters. The van der Waals surface area contributed by atoms with Crippen LogP contribution in [0.15, 0.2) is 210 Å². The molecule has 0 heterocycles. The Kier molecular flexibility index (Phi) is 11.0. The Morgan fingerprint density at radius 1 is 0.404 bits per heavy atom. The molecule has 0 nitrogen and oxygen atoms in total. The van der Waals surface area contributed by atoms with Crippen LogP contribution >= 0.6 is 0 Å². The van der Waals surface area contributed by atoms with Crippen LogP contribution in [-0.2, 0) is 21.3 Å². The van der Waals surface area contributed by atoms with Crippen LogP contribution in [0.1, 0.15) is 48.5 Å². The van der Waals surface area contributed by atoms with E-state index in [2.05, 4.69) is 206 Å². The fourth-order valence-electron chi connectivity index (χ4n) is 8.22. The average Bonchev–Trinajstić information content (AvgIpc) is 3.76. The molecule has 0 radical (unpaired) electrons. The quantitative estimate of drug-likeness (QED) is 0.188. The summed E-state index contributed by atoms with van der Waals surface area (Å²) in [5.74, 6) is 0.151. The molecule has 0 spiro atoms. The largest absolute Gasteiger partial charge is 1.00 e. The smallest absolute Gasteiger partial charge is 1.00 e. The molecule has 3 heteroatoms. The molecule has 2 aliphatic rings. The van der Waals surface area contributed by atoms with Crippen LogP contribution in [0, 0.1) is 0 Å². The van der Waals surface area contributed by atoms with Gasteiger partial charge in [-0.05, 0) is 0 Å². The molecule has 1 atom stereocenters. The van der Waals surface area contributed by atoms with Crippen molar-refractivity contribution in [2.24, 2.45) is 0 Å².